The monoisotopic (exact) mass is 308 g/mol. The van der Waals surface area contributed by atoms with Crippen LogP contribution in [0.3, 0.4) is 0 Å². The molecule has 5 nitrogen and oxygen atoms in total. The van der Waals surface area contributed by atoms with Crippen molar-refractivity contribution in [2.24, 2.45) is 0 Å². The third kappa shape index (κ3) is 17.9. The van der Waals surface area contributed by atoms with E-state index in [2.05, 4.69) is 13.0 Å². The number of aliphatic hydroxyl groups excluding tert-OH is 1. The lowest BCUT2D eigenvalue weighted by Gasteiger charge is -2.06. The van der Waals surface area contributed by atoms with E-state index in [4.69, 9.17) is 24.1 Å². The van der Waals surface area contributed by atoms with E-state index in [-0.39, 0.29) is 6.61 Å². The molecule has 0 amide bonds. The third-order valence-corrected chi connectivity index (χ3v) is 2.99. The van der Waals surface area contributed by atoms with Crippen molar-refractivity contribution in [1.29, 1.82) is 0 Å². The first-order valence-corrected chi connectivity index (χ1v) is 8.21. The summed E-state index contributed by atoms with van der Waals surface area (Å²) in [6.07, 6.45) is 4.17. The van der Waals surface area contributed by atoms with Gasteiger partial charge in [-0.25, -0.2) is 0 Å². The van der Waals surface area contributed by atoms with Crippen molar-refractivity contribution in [3.8, 4) is 0 Å². The fraction of sp³-hybridized carbons (Fsp3) is 0.857. The molecule has 0 aromatic carbocycles. The summed E-state index contributed by atoms with van der Waals surface area (Å²) in [5, 5.41) is 8.48. The largest absolute Gasteiger partial charge is 0.394 e. The first-order chi connectivity index (χ1) is 9.91. The van der Waals surface area contributed by atoms with Crippen LogP contribution in [0.1, 0.15) is 6.92 Å². The predicted octanol–water partition coefficient (Wildman–Crippen LogP) is 1.35. The Morgan fingerprint density at radius 3 is 1.90 bits per heavy atom. The molecule has 0 heterocycles. The van der Waals surface area contributed by atoms with Gasteiger partial charge in [0.1, 0.15) is 0 Å². The minimum absolute atomic E-state index is 0.0513. The van der Waals surface area contributed by atoms with Gasteiger partial charge in [0.05, 0.1) is 59.5 Å². The normalized spacial score (nSPS) is 11.5. The maximum atomic E-state index is 8.48. The van der Waals surface area contributed by atoms with E-state index >= 15 is 0 Å². The topological polar surface area (TPSA) is 57.2 Å². The summed E-state index contributed by atoms with van der Waals surface area (Å²) in [5.74, 6) is 2.20. The summed E-state index contributed by atoms with van der Waals surface area (Å²) in [4.78, 5) is 0. The highest BCUT2D eigenvalue weighted by Crippen LogP contribution is 1.97. The Balaban J connectivity index is 2.97. The molecule has 0 spiro atoms. The van der Waals surface area contributed by atoms with E-state index in [0.717, 1.165) is 11.5 Å². The number of thioether (sulfide) groups is 1. The molecule has 0 aromatic rings. The molecule has 120 valence electrons. The Hall–Kier alpha value is -0.110. The fourth-order valence-electron chi connectivity index (χ4n) is 1.20. The first-order valence-electron chi connectivity index (χ1n) is 7.06. The van der Waals surface area contributed by atoms with Crippen LogP contribution in [0.15, 0.2) is 12.2 Å². The summed E-state index contributed by atoms with van der Waals surface area (Å²) in [6, 6.07) is 0. The number of rotatable bonds is 16. The van der Waals surface area contributed by atoms with Gasteiger partial charge in [0.25, 0.3) is 0 Å². The van der Waals surface area contributed by atoms with Gasteiger partial charge in [-0.15, -0.1) is 0 Å². The van der Waals surface area contributed by atoms with Crippen LogP contribution in [0, 0.1) is 0 Å². The highest BCUT2D eigenvalue weighted by atomic mass is 32.2. The highest BCUT2D eigenvalue weighted by molar-refractivity contribution is 7.99. The first kappa shape index (κ1) is 19.9. The smallest absolute Gasteiger partial charge is 0.0704 e. The molecular weight excluding hydrogens is 280 g/mol. The molecule has 1 N–H and O–H groups in total. The van der Waals surface area contributed by atoms with E-state index in [1.807, 2.05) is 17.8 Å². The van der Waals surface area contributed by atoms with Gasteiger partial charge in [0, 0.05) is 5.75 Å². The number of hydrogen-bond acceptors (Lipinski definition) is 6. The van der Waals surface area contributed by atoms with Gasteiger partial charge in [-0.05, 0) is 5.75 Å². The Bertz CT molecular complexity index is 202. The van der Waals surface area contributed by atoms with Crippen LogP contribution in [0.25, 0.3) is 0 Å². The second-order valence-electron chi connectivity index (χ2n) is 3.77. The van der Waals surface area contributed by atoms with E-state index in [1.54, 1.807) is 0 Å². The lowest BCUT2D eigenvalue weighted by Crippen LogP contribution is -2.12. The molecule has 0 saturated carbocycles. The van der Waals surface area contributed by atoms with Crippen molar-refractivity contribution in [2.75, 3.05) is 71.0 Å². The predicted molar refractivity (Wildman–Crippen MR) is 82.5 cm³/mol. The summed E-state index contributed by atoms with van der Waals surface area (Å²) >= 11 is 1.89. The van der Waals surface area contributed by atoms with Gasteiger partial charge in [-0.2, -0.15) is 11.8 Å². The van der Waals surface area contributed by atoms with Gasteiger partial charge in [-0.1, -0.05) is 19.1 Å². The molecule has 0 aliphatic rings. The molecule has 0 saturated heterocycles. The molecule has 0 rings (SSSR count). The second kappa shape index (κ2) is 18.9. The van der Waals surface area contributed by atoms with Crippen LogP contribution >= 0.6 is 11.8 Å². The maximum Gasteiger partial charge on any atom is 0.0704 e. The molecule has 0 fully saturated rings. The average Bonchev–Trinajstić information content (AvgIpc) is 2.47. The van der Waals surface area contributed by atoms with Crippen LogP contribution in [-0.4, -0.2) is 76.1 Å². The lowest BCUT2D eigenvalue weighted by molar-refractivity contribution is -0.00325. The number of hydrogen-bond donors (Lipinski definition) is 1. The minimum Gasteiger partial charge on any atom is -0.394 e. The van der Waals surface area contributed by atoms with Gasteiger partial charge < -0.3 is 24.1 Å². The molecule has 0 radical (unpaired) electrons. The highest BCUT2D eigenvalue weighted by Gasteiger charge is 1.91. The summed E-state index contributed by atoms with van der Waals surface area (Å²) in [7, 11) is 0. The zero-order valence-electron chi connectivity index (χ0n) is 12.4. The van der Waals surface area contributed by atoms with Crippen molar-refractivity contribution in [3.05, 3.63) is 12.2 Å². The lowest BCUT2D eigenvalue weighted by atomic mass is 10.5. The molecule has 0 atom stereocenters. The molecule has 6 heteroatoms. The van der Waals surface area contributed by atoms with Crippen LogP contribution in [0.5, 0.6) is 0 Å². The number of aliphatic hydroxyl groups is 1. The third-order valence-electron chi connectivity index (χ3n) is 2.15. The Morgan fingerprint density at radius 2 is 1.35 bits per heavy atom. The van der Waals surface area contributed by atoms with Gasteiger partial charge in [0.15, 0.2) is 0 Å². The quantitative estimate of drug-likeness (QED) is 0.343. The van der Waals surface area contributed by atoms with E-state index in [1.165, 1.54) is 0 Å². The van der Waals surface area contributed by atoms with Gasteiger partial charge in [0.2, 0.25) is 0 Å². The van der Waals surface area contributed by atoms with Crippen molar-refractivity contribution < 1.29 is 24.1 Å². The molecule has 20 heavy (non-hydrogen) atoms. The average molecular weight is 308 g/mol. The van der Waals surface area contributed by atoms with Crippen LogP contribution in [-0.2, 0) is 18.9 Å². The number of ether oxygens (including phenoxy) is 4. The van der Waals surface area contributed by atoms with Crippen LogP contribution < -0.4 is 0 Å². The molecule has 0 unspecified atom stereocenters. The van der Waals surface area contributed by atoms with E-state index in [0.29, 0.717) is 52.9 Å². The van der Waals surface area contributed by atoms with Crippen LogP contribution in [0.4, 0.5) is 0 Å². The van der Waals surface area contributed by atoms with Crippen molar-refractivity contribution in [3.63, 3.8) is 0 Å². The summed E-state index contributed by atoms with van der Waals surface area (Å²) in [6.45, 7) is 6.55. The molecule has 0 aliphatic carbocycles. The van der Waals surface area contributed by atoms with Crippen molar-refractivity contribution >= 4 is 11.8 Å². The van der Waals surface area contributed by atoms with Gasteiger partial charge in [-0.3, -0.25) is 0 Å². The summed E-state index contributed by atoms with van der Waals surface area (Å²) in [5.41, 5.74) is 0. The standard InChI is InChI=1S/C14H28O5S/c1-2-20-14-4-3-6-16-8-10-18-12-13-19-11-9-17-7-5-15/h3-4,15H,2,5-14H2,1H3. The minimum atomic E-state index is 0.0513. The Morgan fingerprint density at radius 1 is 0.800 bits per heavy atom. The van der Waals surface area contributed by atoms with Crippen LogP contribution in [0.2, 0.25) is 0 Å². The Kier molecular flexibility index (Phi) is 18.8. The molecule has 0 aromatic heterocycles. The van der Waals surface area contributed by atoms with Crippen molar-refractivity contribution in [2.45, 2.75) is 6.92 Å². The zero-order valence-corrected chi connectivity index (χ0v) is 13.2. The van der Waals surface area contributed by atoms with Crippen molar-refractivity contribution in [1.82, 2.24) is 0 Å². The zero-order chi connectivity index (χ0) is 14.7. The molecule has 0 aliphatic heterocycles. The van der Waals surface area contributed by atoms with E-state index < -0.39 is 0 Å². The SMILES string of the molecule is CCSCC=CCOCCOCCOCCOCCO. The summed E-state index contributed by atoms with van der Waals surface area (Å²) < 4.78 is 21.1. The maximum absolute atomic E-state index is 8.48. The van der Waals surface area contributed by atoms with E-state index in [9.17, 15) is 0 Å². The second-order valence-corrected chi connectivity index (χ2v) is 5.09. The molecule has 0 bridgehead atoms. The molecular formula is C14H28O5S. The Labute approximate surface area is 126 Å². The fourth-order valence-corrected chi connectivity index (χ4v) is 1.71. The van der Waals surface area contributed by atoms with Gasteiger partial charge >= 0.3 is 0 Å².